The summed E-state index contributed by atoms with van der Waals surface area (Å²) in [6, 6.07) is 11.6. The molecule has 0 amide bonds. The smallest absolute Gasteiger partial charge is 0.219 e. The summed E-state index contributed by atoms with van der Waals surface area (Å²) >= 11 is 0. The van der Waals surface area contributed by atoms with Crippen LogP contribution in [-0.2, 0) is 0 Å². The summed E-state index contributed by atoms with van der Waals surface area (Å²) in [6.07, 6.45) is 4.87. The molecule has 2 aromatic carbocycles. The van der Waals surface area contributed by atoms with E-state index in [0.717, 1.165) is 18.4 Å². The maximum atomic E-state index is 14.0. The topological polar surface area (TPSA) is 69.8 Å². The van der Waals surface area contributed by atoms with Crippen molar-refractivity contribution < 1.29 is 18.6 Å². The largest absolute Gasteiger partial charge is 0.493 e. The van der Waals surface area contributed by atoms with Crippen molar-refractivity contribution in [1.82, 2.24) is 9.88 Å². The van der Waals surface area contributed by atoms with E-state index in [0.29, 0.717) is 29.3 Å². The molecular formula is C24H28FN3O3. The van der Waals surface area contributed by atoms with Gasteiger partial charge in [-0.3, -0.25) is 0 Å². The van der Waals surface area contributed by atoms with E-state index in [-0.39, 0.29) is 11.6 Å². The highest BCUT2D eigenvalue weighted by molar-refractivity contribution is 5.83. The molecule has 164 valence electrons. The number of fused-ring (bicyclic) bond motifs is 1. The van der Waals surface area contributed by atoms with Crippen molar-refractivity contribution in [1.29, 1.82) is 0 Å². The predicted molar refractivity (Wildman–Crippen MR) is 120 cm³/mol. The van der Waals surface area contributed by atoms with E-state index in [1.54, 1.807) is 19.2 Å². The Hall–Kier alpha value is -3.06. The van der Waals surface area contributed by atoms with E-state index < -0.39 is 5.82 Å². The van der Waals surface area contributed by atoms with Crippen molar-refractivity contribution in [2.75, 3.05) is 39.1 Å². The van der Waals surface area contributed by atoms with Gasteiger partial charge >= 0.3 is 0 Å². The molecular weight excluding hydrogens is 397 g/mol. The minimum absolute atomic E-state index is 0.0729. The monoisotopic (exact) mass is 425 g/mol. The number of pyridine rings is 1. The molecule has 0 atom stereocenters. The Bertz CT molecular complexity index is 1040. The van der Waals surface area contributed by atoms with Crippen molar-refractivity contribution in [2.24, 2.45) is 0 Å². The first-order chi connectivity index (χ1) is 15.1. The summed E-state index contributed by atoms with van der Waals surface area (Å²) in [4.78, 5) is 7.00. The van der Waals surface area contributed by atoms with E-state index in [4.69, 9.17) is 19.9 Å². The molecule has 6 nitrogen and oxygen atoms in total. The number of likely N-dealkylation sites (tertiary alicyclic amines) is 1. The van der Waals surface area contributed by atoms with Crippen LogP contribution in [0.2, 0.25) is 0 Å². The van der Waals surface area contributed by atoms with Gasteiger partial charge in [-0.2, -0.15) is 0 Å². The quantitative estimate of drug-likeness (QED) is 0.404. The summed E-state index contributed by atoms with van der Waals surface area (Å²) in [5.41, 5.74) is 6.61. The average Bonchev–Trinajstić information content (AvgIpc) is 2.78. The van der Waals surface area contributed by atoms with E-state index in [9.17, 15) is 4.39 Å². The van der Waals surface area contributed by atoms with Gasteiger partial charge in [-0.15, -0.1) is 0 Å². The molecule has 1 aromatic heterocycles. The number of nitrogens with zero attached hydrogens (tertiary/aromatic N) is 2. The maximum absolute atomic E-state index is 14.0. The van der Waals surface area contributed by atoms with Crippen molar-refractivity contribution in [3.05, 3.63) is 48.3 Å². The lowest BCUT2D eigenvalue weighted by Crippen LogP contribution is -2.31. The molecule has 0 radical (unpaired) electrons. The number of anilines is 1. The van der Waals surface area contributed by atoms with Crippen LogP contribution in [0.25, 0.3) is 10.9 Å². The van der Waals surface area contributed by atoms with Crippen molar-refractivity contribution in [3.63, 3.8) is 0 Å². The predicted octanol–water partition coefficient (Wildman–Crippen LogP) is 5.01. The number of halogens is 1. The molecule has 1 fully saturated rings. The highest BCUT2D eigenvalue weighted by atomic mass is 19.1. The fourth-order valence-electron chi connectivity index (χ4n) is 3.81. The van der Waals surface area contributed by atoms with Gasteiger partial charge in [-0.25, -0.2) is 9.37 Å². The van der Waals surface area contributed by atoms with Crippen LogP contribution in [-0.4, -0.2) is 43.2 Å². The average molecular weight is 426 g/mol. The second-order valence-electron chi connectivity index (χ2n) is 7.74. The molecule has 7 heteroatoms. The van der Waals surface area contributed by atoms with Gasteiger partial charge in [0.15, 0.2) is 23.1 Å². The molecule has 31 heavy (non-hydrogen) atoms. The fraction of sp³-hybridized carbons (Fsp3) is 0.375. The van der Waals surface area contributed by atoms with Crippen LogP contribution in [0.3, 0.4) is 0 Å². The molecule has 0 saturated carbocycles. The van der Waals surface area contributed by atoms with E-state index in [2.05, 4.69) is 9.88 Å². The number of ether oxygens (including phenoxy) is 3. The summed E-state index contributed by atoms with van der Waals surface area (Å²) < 4.78 is 31.2. The van der Waals surface area contributed by atoms with Gasteiger partial charge in [0.1, 0.15) is 0 Å². The fourth-order valence-corrected chi connectivity index (χ4v) is 3.81. The van der Waals surface area contributed by atoms with Gasteiger partial charge < -0.3 is 24.8 Å². The Morgan fingerprint density at radius 2 is 1.84 bits per heavy atom. The molecule has 0 bridgehead atoms. The molecule has 1 aliphatic rings. The molecule has 4 rings (SSSR count). The van der Waals surface area contributed by atoms with Crippen molar-refractivity contribution in [3.8, 4) is 23.1 Å². The lowest BCUT2D eigenvalue weighted by atomic mass is 10.1. The van der Waals surface area contributed by atoms with E-state index in [1.807, 2.05) is 18.2 Å². The molecule has 1 saturated heterocycles. The van der Waals surface area contributed by atoms with E-state index in [1.165, 1.54) is 44.5 Å². The third-order valence-electron chi connectivity index (χ3n) is 5.44. The number of hydrogen-bond acceptors (Lipinski definition) is 6. The lowest BCUT2D eigenvalue weighted by molar-refractivity contribution is 0.203. The van der Waals surface area contributed by atoms with Gasteiger partial charge in [-0.05, 0) is 56.6 Å². The SMILES string of the molecule is COc1cc2ccc(Oc3ccc(N)cc3F)nc2cc1OCCCN1CCCCC1. The minimum atomic E-state index is -0.533. The number of hydrogen-bond donors (Lipinski definition) is 1. The number of nitrogens with two attached hydrogens (primary N) is 1. The lowest BCUT2D eigenvalue weighted by Gasteiger charge is -2.26. The Labute approximate surface area is 181 Å². The van der Waals surface area contributed by atoms with Crippen LogP contribution in [0.15, 0.2) is 42.5 Å². The number of benzene rings is 2. The molecule has 1 aliphatic heterocycles. The first-order valence-electron chi connectivity index (χ1n) is 10.7. The number of piperidine rings is 1. The van der Waals surface area contributed by atoms with Gasteiger partial charge in [0.05, 0.1) is 19.2 Å². The minimum Gasteiger partial charge on any atom is -0.493 e. The van der Waals surface area contributed by atoms with Gasteiger partial charge in [-0.1, -0.05) is 6.42 Å². The highest BCUT2D eigenvalue weighted by Gasteiger charge is 2.12. The van der Waals surface area contributed by atoms with Crippen molar-refractivity contribution >= 4 is 16.6 Å². The Kier molecular flexibility index (Phi) is 6.72. The van der Waals surface area contributed by atoms with Gasteiger partial charge in [0.25, 0.3) is 0 Å². The molecule has 3 aromatic rings. The normalized spacial score (nSPS) is 14.5. The Morgan fingerprint density at radius 1 is 1.00 bits per heavy atom. The van der Waals surface area contributed by atoms with Crippen LogP contribution in [0.5, 0.6) is 23.1 Å². The Balaban J connectivity index is 1.46. The molecule has 2 N–H and O–H groups in total. The summed E-state index contributed by atoms with van der Waals surface area (Å²) in [5, 5.41) is 0.877. The van der Waals surface area contributed by atoms with Crippen molar-refractivity contribution in [2.45, 2.75) is 25.7 Å². The van der Waals surface area contributed by atoms with Gasteiger partial charge in [0.2, 0.25) is 5.88 Å². The number of aromatic nitrogens is 1. The van der Waals surface area contributed by atoms with Gasteiger partial charge in [0, 0.05) is 35.8 Å². The number of nitrogen functional groups attached to an aromatic ring is 1. The Morgan fingerprint density at radius 3 is 2.61 bits per heavy atom. The number of rotatable bonds is 8. The zero-order valence-corrected chi connectivity index (χ0v) is 17.8. The molecule has 0 aliphatic carbocycles. The second kappa shape index (κ2) is 9.83. The standard InChI is InChI=1S/C24H28FN3O3/c1-29-22-14-17-6-9-24(31-21-8-7-18(26)15-19(21)25)27-20(17)16-23(22)30-13-5-12-28-10-3-2-4-11-28/h6-9,14-16H,2-5,10-13,26H2,1H3. The van der Waals surface area contributed by atoms with Crippen LogP contribution in [0.1, 0.15) is 25.7 Å². The summed E-state index contributed by atoms with van der Waals surface area (Å²) in [6.45, 7) is 4.01. The first kappa shape index (κ1) is 21.2. The van der Waals surface area contributed by atoms with Crippen LogP contribution in [0.4, 0.5) is 10.1 Å². The highest BCUT2D eigenvalue weighted by Crippen LogP contribution is 2.33. The molecule has 0 spiro atoms. The maximum Gasteiger partial charge on any atom is 0.219 e. The molecule has 2 heterocycles. The zero-order chi connectivity index (χ0) is 21.6. The second-order valence-corrected chi connectivity index (χ2v) is 7.74. The summed E-state index contributed by atoms with van der Waals surface area (Å²) in [5.74, 6) is 1.12. The van der Waals surface area contributed by atoms with Crippen LogP contribution >= 0.6 is 0 Å². The third-order valence-corrected chi connectivity index (χ3v) is 5.44. The van der Waals surface area contributed by atoms with E-state index >= 15 is 0 Å². The molecule has 0 unspecified atom stereocenters. The number of methoxy groups -OCH3 is 1. The zero-order valence-electron chi connectivity index (χ0n) is 17.8. The first-order valence-corrected chi connectivity index (χ1v) is 10.7. The third kappa shape index (κ3) is 5.35. The summed E-state index contributed by atoms with van der Waals surface area (Å²) in [7, 11) is 1.62. The van der Waals surface area contributed by atoms with Crippen LogP contribution in [0, 0.1) is 5.82 Å². The van der Waals surface area contributed by atoms with Crippen LogP contribution < -0.4 is 19.9 Å².